The number of nitrogens with one attached hydrogen (secondary N) is 8. The van der Waals surface area contributed by atoms with Gasteiger partial charge >= 0.3 is 41.8 Å². The molecule has 0 saturated heterocycles. The fraction of sp³-hybridized carbons (Fsp3) is 0.500. The Balaban J connectivity index is 1.80. The first-order valence-corrected chi connectivity index (χ1v) is 23.0. The molecule has 2 rings (SSSR count). The minimum absolute atomic E-state index is 0.0508. The molecular formula is C44H61N11O20. The van der Waals surface area contributed by atoms with Gasteiger partial charge in [-0.2, -0.15) is 4.98 Å². The monoisotopic (exact) mass is 1060 g/mol. The number of hydrogen-bond donors (Lipinski definition) is 17. The van der Waals surface area contributed by atoms with Crippen molar-refractivity contribution >= 4 is 88.8 Å². The van der Waals surface area contributed by atoms with Gasteiger partial charge in [-0.15, -0.1) is 0 Å². The van der Waals surface area contributed by atoms with Crippen molar-refractivity contribution in [2.75, 3.05) is 23.3 Å². The Morgan fingerprint density at radius 3 is 1.15 bits per heavy atom. The van der Waals surface area contributed by atoms with Gasteiger partial charge in [0.15, 0.2) is 0 Å². The minimum Gasteiger partial charge on any atom is -0.481 e. The number of carboxylic acid groups (broad SMARTS) is 7. The van der Waals surface area contributed by atoms with Crippen LogP contribution in [0.4, 0.5) is 17.5 Å². The first-order chi connectivity index (χ1) is 35.2. The largest absolute Gasteiger partial charge is 0.481 e. The molecule has 0 spiro atoms. The van der Waals surface area contributed by atoms with Crippen LogP contribution in [0.25, 0.3) is 0 Å². The molecule has 0 fully saturated rings. The Bertz CT molecular complexity index is 2450. The smallest absolute Gasteiger partial charge is 0.326 e. The second kappa shape index (κ2) is 31.5. The van der Waals surface area contributed by atoms with E-state index < -0.39 is 184 Å². The van der Waals surface area contributed by atoms with Crippen LogP contribution in [0.3, 0.4) is 0 Å². The van der Waals surface area contributed by atoms with Gasteiger partial charge in [-0.1, -0.05) is 12.1 Å². The molecule has 412 valence electrons. The van der Waals surface area contributed by atoms with Crippen LogP contribution in [0.5, 0.6) is 0 Å². The Hall–Kier alpha value is -8.90. The zero-order chi connectivity index (χ0) is 56.4. The number of H-pyrrole nitrogens is 1. The zero-order valence-electron chi connectivity index (χ0n) is 40.1. The molecule has 0 saturated carbocycles. The summed E-state index contributed by atoms with van der Waals surface area (Å²) in [6.45, 7) is 0.561. The summed E-state index contributed by atoms with van der Waals surface area (Å²) in [7, 11) is 0. The Kier molecular flexibility index (Phi) is 26.2. The Labute approximate surface area is 425 Å². The van der Waals surface area contributed by atoms with E-state index in [1.807, 2.05) is 5.32 Å². The molecular weight excluding hydrogens is 1000 g/mol. The number of carboxylic acids is 7. The average Bonchev–Trinajstić information content (AvgIpc) is 3.32. The van der Waals surface area contributed by atoms with Gasteiger partial charge in [0.2, 0.25) is 35.5 Å². The lowest BCUT2D eigenvalue weighted by molar-refractivity contribution is -0.144. The summed E-state index contributed by atoms with van der Waals surface area (Å²) >= 11 is 0. The molecule has 31 heteroatoms. The van der Waals surface area contributed by atoms with Crippen molar-refractivity contribution in [1.29, 1.82) is 0 Å². The Morgan fingerprint density at radius 2 is 0.827 bits per heavy atom. The molecule has 6 atom stereocenters. The molecule has 0 radical (unpaired) electrons. The molecule has 1 heterocycles. The van der Waals surface area contributed by atoms with Crippen LogP contribution >= 0.6 is 0 Å². The van der Waals surface area contributed by atoms with E-state index in [0.717, 1.165) is 5.69 Å². The van der Waals surface area contributed by atoms with Crippen LogP contribution in [0.1, 0.15) is 94.6 Å². The number of aromatic nitrogens is 2. The maximum absolute atomic E-state index is 12.7. The van der Waals surface area contributed by atoms with Crippen LogP contribution in [0, 0.1) is 0 Å². The second-order valence-corrected chi connectivity index (χ2v) is 16.7. The highest BCUT2D eigenvalue weighted by Gasteiger charge is 2.29. The van der Waals surface area contributed by atoms with Crippen LogP contribution in [-0.4, -0.2) is 160 Å². The second-order valence-electron chi connectivity index (χ2n) is 16.7. The number of nitrogen functional groups attached to an aromatic ring is 2. The summed E-state index contributed by atoms with van der Waals surface area (Å²) in [6.07, 6.45) is -5.80. The topological polar surface area (TPSA) is 528 Å². The van der Waals surface area contributed by atoms with Gasteiger partial charge in [0.25, 0.3) is 5.56 Å². The Morgan fingerprint density at radius 1 is 0.493 bits per heavy atom. The molecule has 5 amide bonds. The van der Waals surface area contributed by atoms with Crippen molar-refractivity contribution in [3.8, 4) is 0 Å². The quantitative estimate of drug-likeness (QED) is 0.0303. The summed E-state index contributed by atoms with van der Waals surface area (Å²) in [5.41, 5.74) is 12.6. The van der Waals surface area contributed by atoms with Gasteiger partial charge in [-0.05, 0) is 69.1 Å². The SMILES string of the molecule is Nc1nc(N)c(CCCNc2ccc(CN[C@@H](CCC(=O)N[C@@H](CCC(=O)N[C@@H](CCC(=O)N[C@@H](CCC(=O)N[C@@H](CCC(=O)N[C@@H](CCC(=O)O)C(=O)O)C(=O)O)C(=O)O)C(=O)O)C(=O)O)C(=O)O)cc2)c(=O)[nH]1. The highest BCUT2D eigenvalue weighted by Crippen LogP contribution is 2.13. The van der Waals surface area contributed by atoms with Crippen molar-refractivity contribution in [3.05, 3.63) is 45.7 Å². The molecule has 31 nitrogen and oxygen atoms in total. The van der Waals surface area contributed by atoms with Gasteiger partial charge in [0, 0.05) is 57.3 Å². The van der Waals surface area contributed by atoms with E-state index in [1.54, 1.807) is 24.3 Å². The number of anilines is 3. The maximum Gasteiger partial charge on any atom is 0.326 e. The van der Waals surface area contributed by atoms with Crippen molar-refractivity contribution in [2.45, 2.75) is 133 Å². The fourth-order valence-electron chi connectivity index (χ4n) is 6.83. The lowest BCUT2D eigenvalue weighted by Crippen LogP contribution is -2.46. The molecule has 1 aromatic carbocycles. The number of carbonyl (C=O) groups is 12. The van der Waals surface area contributed by atoms with Gasteiger partial charge in [0.1, 0.15) is 42.1 Å². The third-order valence-corrected chi connectivity index (χ3v) is 10.9. The molecule has 0 bridgehead atoms. The molecule has 1 aromatic heterocycles. The lowest BCUT2D eigenvalue weighted by atomic mass is 10.1. The highest BCUT2D eigenvalue weighted by molar-refractivity contribution is 5.89. The number of aromatic amines is 1. The number of rotatable bonds is 37. The van der Waals surface area contributed by atoms with Crippen LogP contribution in [-0.2, 0) is 70.5 Å². The number of amides is 5. The summed E-state index contributed by atoms with van der Waals surface area (Å²) in [5, 5.41) is 82.5. The number of nitrogens with zero attached hydrogens (tertiary/aromatic N) is 1. The predicted octanol–water partition coefficient (Wildman–Crippen LogP) is -2.87. The predicted molar refractivity (Wildman–Crippen MR) is 256 cm³/mol. The summed E-state index contributed by atoms with van der Waals surface area (Å²) in [5.74, 6) is -15.5. The average molecular weight is 1060 g/mol. The molecule has 0 aliphatic rings. The third-order valence-electron chi connectivity index (χ3n) is 10.9. The first-order valence-electron chi connectivity index (χ1n) is 23.0. The van der Waals surface area contributed by atoms with E-state index in [-0.39, 0.29) is 24.7 Å². The molecule has 19 N–H and O–H groups in total. The van der Waals surface area contributed by atoms with Crippen molar-refractivity contribution < 1.29 is 93.3 Å². The van der Waals surface area contributed by atoms with Crippen molar-refractivity contribution in [3.63, 3.8) is 0 Å². The first kappa shape index (κ1) is 62.2. The van der Waals surface area contributed by atoms with Gasteiger partial charge in [-0.3, -0.25) is 43.3 Å². The maximum atomic E-state index is 12.7. The standard InChI is InChI=1S/C44H61N11O20/c45-36-23(37(63)55-44(46)54-36)2-1-19-47-22-5-3-21(4-6-22)20-48-24(38(64)65)7-13-30(56)49-25(39(66)67)8-14-31(57)50-26(40(68)69)9-15-32(58)51-27(41(70)71)10-16-33(59)52-28(42(72)73)11-17-34(60)53-29(43(74)75)12-18-35(61)62/h3-6,24-29,47-48H,1-2,7-20H2,(H,49,56)(H,50,57)(H,51,58)(H,52,59)(H,53,60)(H,61,62)(H,64,65)(H,66,67)(H,68,69)(H,70,71)(H,72,73)(H,74,75)(H5,45,46,54,55,63)/t24-,25-,26-,27-,28-,29-/m0/s1. The van der Waals surface area contributed by atoms with Crippen LogP contribution < -0.4 is 54.2 Å². The summed E-state index contributed by atoms with van der Waals surface area (Å²) < 4.78 is 0. The lowest BCUT2D eigenvalue weighted by Gasteiger charge is -2.19. The van der Waals surface area contributed by atoms with Crippen molar-refractivity contribution in [1.82, 2.24) is 41.9 Å². The highest BCUT2D eigenvalue weighted by atomic mass is 16.4. The van der Waals surface area contributed by atoms with E-state index in [9.17, 15) is 93.0 Å². The molecule has 0 aliphatic heterocycles. The number of benzene rings is 1. The van der Waals surface area contributed by atoms with Gasteiger partial charge in [-0.25, -0.2) is 24.0 Å². The van der Waals surface area contributed by atoms with Gasteiger partial charge in [0.05, 0.1) is 5.56 Å². The summed E-state index contributed by atoms with van der Waals surface area (Å²) in [4.78, 5) is 162. The third kappa shape index (κ3) is 24.4. The number of aliphatic carboxylic acids is 7. The number of carbonyl (C=O) groups excluding carboxylic acids is 5. The van der Waals surface area contributed by atoms with Crippen molar-refractivity contribution in [2.24, 2.45) is 0 Å². The number of hydrogen-bond acceptors (Lipinski definition) is 18. The zero-order valence-corrected chi connectivity index (χ0v) is 40.1. The molecule has 0 aliphatic carbocycles. The fourth-order valence-corrected chi connectivity index (χ4v) is 6.83. The van der Waals surface area contributed by atoms with Crippen LogP contribution in [0.2, 0.25) is 0 Å². The molecule has 75 heavy (non-hydrogen) atoms. The van der Waals surface area contributed by atoms with E-state index in [2.05, 4.69) is 41.9 Å². The normalized spacial score (nSPS) is 13.2. The van der Waals surface area contributed by atoms with E-state index in [1.165, 1.54) is 0 Å². The van der Waals surface area contributed by atoms with Crippen LogP contribution in [0.15, 0.2) is 29.1 Å². The van der Waals surface area contributed by atoms with Gasteiger partial charge < -0.3 is 84.4 Å². The summed E-state index contributed by atoms with van der Waals surface area (Å²) in [6, 6.07) is -2.74. The molecule has 0 unspecified atom stereocenters. The van der Waals surface area contributed by atoms with E-state index in [4.69, 9.17) is 16.6 Å². The minimum atomic E-state index is -1.75. The number of nitrogens with two attached hydrogens (primary N) is 2. The van der Waals surface area contributed by atoms with E-state index >= 15 is 0 Å². The molecule has 2 aromatic rings. The van der Waals surface area contributed by atoms with E-state index in [0.29, 0.717) is 30.5 Å².